The van der Waals surface area contributed by atoms with E-state index in [1.165, 1.54) is 6.33 Å². The number of aryl methyl sites for hydroxylation is 1. The number of carbonyl (C=O) groups is 1. The highest BCUT2D eigenvalue weighted by Gasteiger charge is 2.55. The van der Waals surface area contributed by atoms with E-state index in [1.807, 2.05) is 4.90 Å². The average molecular weight is 384 g/mol. The van der Waals surface area contributed by atoms with Crippen molar-refractivity contribution < 1.29 is 13.6 Å². The summed E-state index contributed by atoms with van der Waals surface area (Å²) in [6.07, 6.45) is 5.05. The Morgan fingerprint density at radius 2 is 1.96 bits per heavy atom. The molecule has 4 aliphatic heterocycles. The summed E-state index contributed by atoms with van der Waals surface area (Å²) in [6, 6.07) is 4.40. The van der Waals surface area contributed by atoms with Gasteiger partial charge in [-0.2, -0.15) is 0 Å². The minimum Gasteiger partial charge on any atom is -0.333 e. The van der Waals surface area contributed by atoms with Crippen molar-refractivity contribution in [2.45, 2.75) is 37.8 Å². The van der Waals surface area contributed by atoms with Crippen molar-refractivity contribution in [2.75, 3.05) is 19.6 Å². The van der Waals surface area contributed by atoms with Gasteiger partial charge in [-0.1, -0.05) is 12.1 Å². The van der Waals surface area contributed by atoms with Crippen LogP contribution in [0.5, 0.6) is 0 Å². The van der Waals surface area contributed by atoms with Gasteiger partial charge in [0.15, 0.2) is 11.6 Å². The van der Waals surface area contributed by atoms with Crippen molar-refractivity contribution in [1.29, 1.82) is 0 Å². The van der Waals surface area contributed by atoms with Crippen molar-refractivity contribution in [1.82, 2.24) is 19.8 Å². The Kier molecular flexibility index (Phi) is 4.16. The van der Waals surface area contributed by atoms with Crippen molar-refractivity contribution in [3.63, 3.8) is 0 Å². The Balaban J connectivity index is 1.57. The molecule has 1 aromatic carbocycles. The van der Waals surface area contributed by atoms with Crippen molar-refractivity contribution >= 4 is 5.91 Å². The maximum atomic E-state index is 14.7. The van der Waals surface area contributed by atoms with Gasteiger partial charge in [0.2, 0.25) is 0 Å². The predicted molar refractivity (Wildman–Crippen MR) is 98.8 cm³/mol. The molecule has 0 unspecified atom stereocenters. The largest absolute Gasteiger partial charge is 0.333 e. The number of hydrogen-bond donors (Lipinski definition) is 0. The highest BCUT2D eigenvalue weighted by atomic mass is 19.2. The maximum absolute atomic E-state index is 14.7. The molecule has 4 aliphatic rings. The quantitative estimate of drug-likeness (QED) is 0.799. The molecule has 28 heavy (non-hydrogen) atoms. The van der Waals surface area contributed by atoms with Crippen LogP contribution in [0.2, 0.25) is 0 Å². The fourth-order valence-electron chi connectivity index (χ4n) is 5.49. The highest BCUT2D eigenvalue weighted by Crippen LogP contribution is 2.47. The van der Waals surface area contributed by atoms with Crippen LogP contribution in [0.1, 0.15) is 40.4 Å². The lowest BCUT2D eigenvalue weighted by Gasteiger charge is -2.51. The molecule has 2 aromatic rings. The van der Waals surface area contributed by atoms with Crippen LogP contribution < -0.4 is 0 Å². The zero-order valence-corrected chi connectivity index (χ0v) is 15.7. The number of aromatic nitrogens is 2. The molecule has 0 radical (unpaired) electrons. The number of benzene rings is 1. The van der Waals surface area contributed by atoms with Gasteiger partial charge in [-0.25, -0.2) is 18.7 Å². The number of carbonyl (C=O) groups excluding carboxylic acids is 1. The van der Waals surface area contributed by atoms with Gasteiger partial charge >= 0.3 is 0 Å². The van der Waals surface area contributed by atoms with Gasteiger partial charge < -0.3 is 4.90 Å². The van der Waals surface area contributed by atoms with Gasteiger partial charge in [0.25, 0.3) is 5.91 Å². The fraction of sp³-hybridized carbons (Fsp3) is 0.476. The fourth-order valence-corrected chi connectivity index (χ4v) is 5.49. The summed E-state index contributed by atoms with van der Waals surface area (Å²) in [5, 5.41) is 0. The van der Waals surface area contributed by atoms with Crippen molar-refractivity contribution in [3.8, 4) is 0 Å². The first-order valence-electron chi connectivity index (χ1n) is 9.82. The van der Waals surface area contributed by atoms with Gasteiger partial charge in [0, 0.05) is 24.7 Å². The van der Waals surface area contributed by atoms with Crippen LogP contribution in [-0.2, 0) is 0 Å². The van der Waals surface area contributed by atoms with Crippen LogP contribution in [0, 0.1) is 24.5 Å². The van der Waals surface area contributed by atoms with E-state index >= 15 is 0 Å². The van der Waals surface area contributed by atoms with E-state index in [0.717, 1.165) is 32.0 Å². The van der Waals surface area contributed by atoms with E-state index in [1.54, 1.807) is 25.3 Å². The third-order valence-electron chi connectivity index (χ3n) is 6.78. The maximum Gasteiger partial charge on any atom is 0.257 e. The van der Waals surface area contributed by atoms with E-state index in [0.29, 0.717) is 29.3 Å². The predicted octanol–water partition coefficient (Wildman–Crippen LogP) is 2.77. The molecule has 1 amide bonds. The number of nitrogens with zero attached hydrogens (tertiary/aromatic N) is 4. The molecule has 2 bridgehead atoms. The van der Waals surface area contributed by atoms with Crippen LogP contribution in [0.3, 0.4) is 0 Å². The molecule has 0 saturated carbocycles. The second-order valence-electron chi connectivity index (χ2n) is 8.08. The minimum atomic E-state index is -0.831. The van der Waals surface area contributed by atoms with Crippen molar-refractivity contribution in [3.05, 3.63) is 59.2 Å². The number of piperidine rings is 3. The zero-order chi connectivity index (χ0) is 19.4. The Labute approximate surface area is 162 Å². The third-order valence-corrected chi connectivity index (χ3v) is 6.78. The second-order valence-corrected chi connectivity index (χ2v) is 8.08. The van der Waals surface area contributed by atoms with E-state index in [-0.39, 0.29) is 23.9 Å². The van der Waals surface area contributed by atoms with E-state index in [2.05, 4.69) is 14.9 Å². The minimum absolute atomic E-state index is 0.0160. The number of halogens is 2. The monoisotopic (exact) mass is 384 g/mol. The number of likely N-dealkylation sites (tertiary alicyclic amines) is 1. The van der Waals surface area contributed by atoms with Crippen LogP contribution in [0.4, 0.5) is 8.78 Å². The van der Waals surface area contributed by atoms with Crippen LogP contribution in [-0.4, -0.2) is 57.4 Å². The normalized spacial score (nSPS) is 31.1. The first kappa shape index (κ1) is 17.7. The smallest absolute Gasteiger partial charge is 0.257 e. The van der Waals surface area contributed by atoms with E-state index in [9.17, 15) is 13.6 Å². The molecule has 0 N–H and O–H groups in total. The first-order valence-corrected chi connectivity index (χ1v) is 9.82. The number of hydrogen-bond acceptors (Lipinski definition) is 4. The standard InChI is InChI=1S/C21H22F2N4O/c1-12-15(9-24-11-25-12)21(28)27-10-16(14-3-2-4-17(22)18(14)23)20-19(27)13-5-7-26(20)8-6-13/h2-4,9,11,13,16,19-20H,5-8,10H2,1H3/t16-,19+,20+/m0/s1. The Hall–Kier alpha value is -2.41. The number of amides is 1. The lowest BCUT2D eigenvalue weighted by atomic mass is 9.75. The summed E-state index contributed by atoms with van der Waals surface area (Å²) in [5.74, 6) is -1.58. The molecular formula is C21H22F2N4O. The van der Waals surface area contributed by atoms with E-state index in [4.69, 9.17) is 0 Å². The zero-order valence-electron chi connectivity index (χ0n) is 15.7. The molecule has 5 nitrogen and oxygen atoms in total. The van der Waals surface area contributed by atoms with E-state index < -0.39 is 11.6 Å². The molecule has 4 saturated heterocycles. The molecular weight excluding hydrogens is 362 g/mol. The topological polar surface area (TPSA) is 49.3 Å². The average Bonchev–Trinajstić information content (AvgIpc) is 3.13. The summed E-state index contributed by atoms with van der Waals surface area (Å²) in [7, 11) is 0. The number of rotatable bonds is 2. The van der Waals surface area contributed by atoms with Gasteiger partial charge in [0.1, 0.15) is 6.33 Å². The highest BCUT2D eigenvalue weighted by molar-refractivity contribution is 5.95. The molecule has 0 spiro atoms. The molecule has 3 atom stereocenters. The summed E-state index contributed by atoms with van der Waals surface area (Å²) in [6.45, 7) is 4.09. The summed E-state index contributed by atoms with van der Waals surface area (Å²) in [5.41, 5.74) is 1.50. The second kappa shape index (κ2) is 6.58. The molecule has 1 aromatic heterocycles. The van der Waals surface area contributed by atoms with Crippen LogP contribution >= 0.6 is 0 Å². The van der Waals surface area contributed by atoms with Crippen LogP contribution in [0.15, 0.2) is 30.7 Å². The molecule has 6 rings (SSSR count). The summed E-state index contributed by atoms with van der Waals surface area (Å²) < 4.78 is 28.6. The Morgan fingerprint density at radius 3 is 2.71 bits per heavy atom. The van der Waals surface area contributed by atoms with Gasteiger partial charge in [-0.15, -0.1) is 0 Å². The number of fused-ring (bicyclic) bond motifs is 2. The van der Waals surface area contributed by atoms with Gasteiger partial charge in [-0.3, -0.25) is 9.69 Å². The Bertz CT molecular complexity index is 928. The molecule has 7 heteroatoms. The molecule has 0 aliphatic carbocycles. The first-order chi connectivity index (χ1) is 13.6. The summed E-state index contributed by atoms with van der Waals surface area (Å²) >= 11 is 0. The lowest BCUT2D eigenvalue weighted by Crippen LogP contribution is -2.60. The molecule has 146 valence electrons. The Morgan fingerprint density at radius 1 is 1.18 bits per heavy atom. The molecule has 5 heterocycles. The van der Waals surface area contributed by atoms with Gasteiger partial charge in [-0.05, 0) is 50.4 Å². The van der Waals surface area contributed by atoms with Gasteiger partial charge in [0.05, 0.1) is 17.3 Å². The SMILES string of the molecule is Cc1ncncc1C(=O)N1C[C@@H](c2cccc(F)c2F)[C@@H]2[C@H]1C1CCN2CC1. The van der Waals surface area contributed by atoms with Crippen molar-refractivity contribution in [2.24, 2.45) is 5.92 Å². The molecule has 4 fully saturated rings. The summed E-state index contributed by atoms with van der Waals surface area (Å²) in [4.78, 5) is 25.8. The lowest BCUT2D eigenvalue weighted by molar-refractivity contribution is -0.00364. The third kappa shape index (κ3) is 2.56. The van der Waals surface area contributed by atoms with Crippen LogP contribution in [0.25, 0.3) is 0 Å².